The fourth-order valence-corrected chi connectivity index (χ4v) is 0.742. The molecule has 0 spiro atoms. The van der Waals surface area contributed by atoms with E-state index in [-0.39, 0.29) is 0 Å². The zero-order valence-electron chi connectivity index (χ0n) is 5.24. The number of carbonyl (C=O) groups excluding carboxylic acids is 1. The number of alkyl halides is 2. The van der Waals surface area contributed by atoms with Gasteiger partial charge >= 0.3 is 11.2 Å². The molecule has 0 bridgehead atoms. The standard InChI is InChI=1S/C3H4F2O4S2/c1-9-2(6)3(4,5)11(7,8)10/h1H3,(H,7,8,10). The lowest BCUT2D eigenvalue weighted by Crippen LogP contribution is -2.35. The molecule has 0 aromatic heterocycles. The summed E-state index contributed by atoms with van der Waals surface area (Å²) in [5, 5.41) is -4.58. The summed E-state index contributed by atoms with van der Waals surface area (Å²) >= 11 is 2.55. The van der Waals surface area contributed by atoms with E-state index in [0.29, 0.717) is 7.11 Å². The number of rotatable bonds is 2. The van der Waals surface area contributed by atoms with Gasteiger partial charge in [-0.25, -0.2) is 13.2 Å². The van der Waals surface area contributed by atoms with Gasteiger partial charge in [0.05, 0.1) is 7.11 Å². The normalized spacial score (nSPS) is 12.7. The minimum atomic E-state index is -5.03. The molecular weight excluding hydrogens is 202 g/mol. The van der Waals surface area contributed by atoms with Gasteiger partial charge in [0.15, 0.2) is 0 Å². The van der Waals surface area contributed by atoms with E-state index >= 15 is 0 Å². The molecule has 0 saturated heterocycles. The Balaban J connectivity index is 4.90. The zero-order valence-corrected chi connectivity index (χ0v) is 6.96. The first-order chi connectivity index (χ1) is 4.73. The Morgan fingerprint density at radius 3 is 2.00 bits per heavy atom. The molecular formula is C3H4F2O4S2. The number of hydrogen-bond acceptors (Lipinski definition) is 4. The lowest BCUT2D eigenvalue weighted by molar-refractivity contribution is -0.157. The highest BCUT2D eigenvalue weighted by molar-refractivity contribution is 8.64. The summed E-state index contributed by atoms with van der Waals surface area (Å²) in [6.07, 6.45) is 0. The molecule has 0 amide bonds. The minimum absolute atomic E-state index is 0.648. The van der Waals surface area contributed by atoms with E-state index in [1.807, 2.05) is 0 Å². The van der Waals surface area contributed by atoms with E-state index < -0.39 is 20.1 Å². The van der Waals surface area contributed by atoms with Crippen LogP contribution in [0.4, 0.5) is 8.78 Å². The van der Waals surface area contributed by atoms with E-state index in [1.165, 1.54) is 0 Å². The number of ether oxygens (including phenoxy) is 1. The van der Waals surface area contributed by atoms with Crippen LogP contribution in [0.25, 0.3) is 0 Å². The smallest absolute Gasteiger partial charge is 0.449 e. The fraction of sp³-hybridized carbons (Fsp3) is 0.667. The third kappa shape index (κ3) is 2.03. The topological polar surface area (TPSA) is 60.4 Å². The van der Waals surface area contributed by atoms with Crippen LogP contribution < -0.4 is 0 Å². The Morgan fingerprint density at radius 1 is 1.55 bits per heavy atom. The first-order valence-corrected chi connectivity index (χ1v) is 4.70. The van der Waals surface area contributed by atoms with Crippen molar-refractivity contribution in [3.05, 3.63) is 0 Å². The molecule has 0 aromatic carbocycles. The van der Waals surface area contributed by atoms with Crippen molar-refractivity contribution in [1.82, 2.24) is 0 Å². The van der Waals surface area contributed by atoms with E-state index in [0.717, 1.165) is 0 Å². The predicted octanol–water partition coefficient (Wildman–Crippen LogP) is 0.0118. The van der Waals surface area contributed by atoms with Crippen molar-refractivity contribution in [3.8, 4) is 0 Å². The molecule has 0 heterocycles. The third-order valence-electron chi connectivity index (χ3n) is 0.747. The van der Waals surface area contributed by atoms with Crippen LogP contribution in [0, 0.1) is 0 Å². The zero-order chi connectivity index (χ0) is 9.28. The van der Waals surface area contributed by atoms with Crippen molar-refractivity contribution in [2.45, 2.75) is 5.25 Å². The van der Waals surface area contributed by atoms with Gasteiger partial charge in [-0.05, 0) is 11.7 Å². The Labute approximate surface area is 66.3 Å². The summed E-state index contributed by atoms with van der Waals surface area (Å²) in [4.78, 5) is 10.1. The number of methoxy groups -OCH3 is 1. The highest BCUT2D eigenvalue weighted by atomic mass is 33.1. The largest absolute Gasteiger partial charge is 0.464 e. The number of carbonyl (C=O) groups is 1. The molecule has 66 valence electrons. The SMILES string of the molecule is COC(=O)C(F)(F)S(=O)(=O)S. The van der Waals surface area contributed by atoms with Crippen LogP contribution in [0.1, 0.15) is 0 Å². The quantitative estimate of drug-likeness (QED) is 0.393. The average Bonchev–Trinajstić information content (AvgIpc) is 1.83. The molecule has 0 saturated carbocycles. The maximum Gasteiger partial charge on any atom is 0.449 e. The molecule has 4 nitrogen and oxygen atoms in total. The van der Waals surface area contributed by atoms with Crippen molar-refractivity contribution < 1.29 is 26.7 Å². The molecule has 0 radical (unpaired) electrons. The van der Waals surface area contributed by atoms with Gasteiger partial charge in [-0.15, -0.1) is 0 Å². The molecule has 0 aliphatic heterocycles. The number of thiol groups is 1. The molecule has 0 aromatic rings. The highest BCUT2D eigenvalue weighted by Crippen LogP contribution is 2.25. The van der Waals surface area contributed by atoms with Gasteiger partial charge in [0.1, 0.15) is 0 Å². The highest BCUT2D eigenvalue weighted by Gasteiger charge is 2.52. The molecule has 0 aliphatic rings. The van der Waals surface area contributed by atoms with Crippen LogP contribution in [-0.4, -0.2) is 26.8 Å². The lowest BCUT2D eigenvalue weighted by atomic mass is 10.7. The Kier molecular flexibility index (Phi) is 2.84. The van der Waals surface area contributed by atoms with Crippen LogP contribution >= 0.6 is 11.7 Å². The van der Waals surface area contributed by atoms with Crippen LogP contribution in [0.5, 0.6) is 0 Å². The summed E-state index contributed by atoms with van der Waals surface area (Å²) in [6.45, 7) is 0. The Morgan fingerprint density at radius 2 is 1.91 bits per heavy atom. The minimum Gasteiger partial charge on any atom is -0.464 e. The molecule has 0 N–H and O–H groups in total. The summed E-state index contributed by atoms with van der Waals surface area (Å²) < 4.78 is 48.0. The van der Waals surface area contributed by atoms with Gasteiger partial charge in [0.2, 0.25) is 0 Å². The second-order valence-electron chi connectivity index (χ2n) is 1.48. The fourth-order valence-electron chi connectivity index (χ4n) is 0.224. The van der Waals surface area contributed by atoms with Crippen molar-refractivity contribution in [2.24, 2.45) is 0 Å². The van der Waals surface area contributed by atoms with E-state index in [1.54, 1.807) is 0 Å². The summed E-state index contributed by atoms with van der Waals surface area (Å²) in [7, 11) is -4.38. The van der Waals surface area contributed by atoms with Gasteiger partial charge in [-0.2, -0.15) is 8.78 Å². The maximum atomic E-state index is 12.2. The number of esters is 1. The van der Waals surface area contributed by atoms with Gasteiger partial charge < -0.3 is 4.74 Å². The maximum absolute atomic E-state index is 12.2. The number of hydrogen-bond donors (Lipinski definition) is 1. The lowest BCUT2D eigenvalue weighted by Gasteiger charge is -2.08. The van der Waals surface area contributed by atoms with Crippen molar-refractivity contribution >= 4 is 26.5 Å². The first-order valence-electron chi connectivity index (χ1n) is 2.16. The molecule has 0 rings (SSSR count). The van der Waals surface area contributed by atoms with Gasteiger partial charge in [-0.1, -0.05) is 0 Å². The Hall–Kier alpha value is -0.370. The molecule has 0 atom stereocenters. The molecule has 0 aliphatic carbocycles. The molecule has 0 fully saturated rings. The Bertz CT molecular complexity index is 257. The van der Waals surface area contributed by atoms with Gasteiger partial charge in [0, 0.05) is 0 Å². The number of halogens is 2. The second kappa shape index (κ2) is 2.94. The second-order valence-corrected chi connectivity index (χ2v) is 4.39. The van der Waals surface area contributed by atoms with Crippen LogP contribution in [0.3, 0.4) is 0 Å². The monoisotopic (exact) mass is 206 g/mol. The average molecular weight is 206 g/mol. The van der Waals surface area contributed by atoms with E-state index in [2.05, 4.69) is 16.4 Å². The summed E-state index contributed by atoms with van der Waals surface area (Å²) in [5.41, 5.74) is 0. The summed E-state index contributed by atoms with van der Waals surface area (Å²) in [6, 6.07) is 0. The van der Waals surface area contributed by atoms with Gasteiger partial charge in [0.25, 0.3) is 8.87 Å². The van der Waals surface area contributed by atoms with Crippen LogP contribution in [-0.2, 0) is 18.4 Å². The van der Waals surface area contributed by atoms with Crippen molar-refractivity contribution in [2.75, 3.05) is 7.11 Å². The van der Waals surface area contributed by atoms with Crippen molar-refractivity contribution in [3.63, 3.8) is 0 Å². The predicted molar refractivity (Wildman–Crippen MR) is 34.9 cm³/mol. The van der Waals surface area contributed by atoms with E-state index in [4.69, 9.17) is 0 Å². The van der Waals surface area contributed by atoms with Crippen LogP contribution in [0.2, 0.25) is 0 Å². The van der Waals surface area contributed by atoms with Gasteiger partial charge in [-0.3, -0.25) is 0 Å². The molecule has 8 heteroatoms. The summed E-state index contributed by atoms with van der Waals surface area (Å²) in [5.74, 6) is -2.15. The third-order valence-corrected chi connectivity index (χ3v) is 2.25. The first kappa shape index (κ1) is 10.6. The van der Waals surface area contributed by atoms with Crippen molar-refractivity contribution in [1.29, 1.82) is 0 Å². The van der Waals surface area contributed by atoms with E-state index in [9.17, 15) is 22.0 Å². The van der Waals surface area contributed by atoms with Crippen LogP contribution in [0.15, 0.2) is 0 Å². The molecule has 0 unspecified atom stereocenters. The molecule has 11 heavy (non-hydrogen) atoms.